The smallest absolute Gasteiger partial charge is 0.319 e. The summed E-state index contributed by atoms with van der Waals surface area (Å²) in [6.45, 7) is 2.78. The summed E-state index contributed by atoms with van der Waals surface area (Å²) in [5, 5.41) is 6.26. The number of hydrogen-bond donors (Lipinski definition) is 2. The van der Waals surface area contributed by atoms with Crippen molar-refractivity contribution in [2.45, 2.75) is 25.8 Å². The molecule has 4 rings (SSSR count). The van der Waals surface area contributed by atoms with Crippen molar-refractivity contribution >= 4 is 45.7 Å². The molecule has 3 amide bonds. The van der Waals surface area contributed by atoms with Gasteiger partial charge in [-0.2, -0.15) is 0 Å². The van der Waals surface area contributed by atoms with Crippen LogP contribution in [0.2, 0.25) is 5.02 Å². The fraction of sp³-hybridized carbons (Fsp3) is 0.450. The van der Waals surface area contributed by atoms with E-state index in [9.17, 15) is 14.0 Å². The summed E-state index contributed by atoms with van der Waals surface area (Å²) in [7, 11) is 2.07. The number of nitrogens with one attached hydrogen (secondary N) is 2. The third-order valence-electron chi connectivity index (χ3n) is 5.51. The fourth-order valence-corrected chi connectivity index (χ4v) is 4.88. The molecule has 0 radical (unpaired) electrons. The lowest BCUT2D eigenvalue weighted by molar-refractivity contribution is -0.121. The lowest BCUT2D eigenvalue weighted by atomic mass is 9.96. The molecule has 0 unspecified atom stereocenters. The Morgan fingerprint density at radius 3 is 2.73 bits per heavy atom. The van der Waals surface area contributed by atoms with Crippen LogP contribution in [-0.2, 0) is 17.8 Å². The molecule has 1 aromatic heterocycles. The molecule has 1 saturated heterocycles. The van der Waals surface area contributed by atoms with Gasteiger partial charge in [0.1, 0.15) is 5.82 Å². The summed E-state index contributed by atoms with van der Waals surface area (Å²) in [5.74, 6) is -0.485. The van der Waals surface area contributed by atoms with E-state index in [1.54, 1.807) is 4.90 Å². The number of thiazole rings is 1. The summed E-state index contributed by atoms with van der Waals surface area (Å²) in [6.07, 6.45) is 2.33. The molecule has 0 bridgehead atoms. The highest BCUT2D eigenvalue weighted by molar-refractivity contribution is 7.15. The topological polar surface area (TPSA) is 77.6 Å². The second-order valence-electron chi connectivity index (χ2n) is 7.69. The largest absolute Gasteiger partial charge is 0.322 e. The number of benzene rings is 1. The number of carbonyl (C=O) groups is 2. The predicted molar refractivity (Wildman–Crippen MR) is 116 cm³/mol. The van der Waals surface area contributed by atoms with E-state index in [1.165, 1.54) is 29.5 Å². The van der Waals surface area contributed by atoms with Crippen LogP contribution in [-0.4, -0.2) is 53.4 Å². The van der Waals surface area contributed by atoms with Crippen molar-refractivity contribution in [3.05, 3.63) is 39.6 Å². The summed E-state index contributed by atoms with van der Waals surface area (Å²) in [5.41, 5.74) is 1.36. The second-order valence-corrected chi connectivity index (χ2v) is 9.18. The van der Waals surface area contributed by atoms with Crippen molar-refractivity contribution in [3.63, 3.8) is 0 Å². The SMILES string of the molecule is CN1CCC(C(=O)Nc2nc3c(s2)CN(C(=O)Nc2ccc(F)c(Cl)c2)CC3)CC1. The number of fused-ring (bicyclic) bond motifs is 1. The van der Waals surface area contributed by atoms with E-state index < -0.39 is 5.82 Å². The third-order valence-corrected chi connectivity index (χ3v) is 6.80. The molecule has 2 aliphatic heterocycles. The maximum Gasteiger partial charge on any atom is 0.322 e. The number of hydrogen-bond acceptors (Lipinski definition) is 5. The molecular weight excluding hydrogens is 429 g/mol. The first-order chi connectivity index (χ1) is 14.4. The minimum Gasteiger partial charge on any atom is -0.319 e. The van der Waals surface area contributed by atoms with Crippen molar-refractivity contribution in [2.75, 3.05) is 37.3 Å². The van der Waals surface area contributed by atoms with Crippen LogP contribution in [0.15, 0.2) is 18.2 Å². The van der Waals surface area contributed by atoms with Gasteiger partial charge < -0.3 is 20.4 Å². The highest BCUT2D eigenvalue weighted by Crippen LogP contribution is 2.30. The molecule has 0 spiro atoms. The third kappa shape index (κ3) is 4.74. The van der Waals surface area contributed by atoms with Crippen LogP contribution in [0.1, 0.15) is 23.4 Å². The predicted octanol–water partition coefficient (Wildman–Crippen LogP) is 3.81. The summed E-state index contributed by atoms with van der Waals surface area (Å²) in [4.78, 5) is 34.5. The normalized spacial score (nSPS) is 17.5. The molecular formula is C20H23ClFN5O2S. The number of amides is 3. The number of piperidine rings is 1. The fourth-order valence-electron chi connectivity index (χ4n) is 3.68. The number of aromatic nitrogens is 1. The summed E-state index contributed by atoms with van der Waals surface area (Å²) >= 11 is 7.19. The van der Waals surface area contributed by atoms with E-state index in [-0.39, 0.29) is 22.9 Å². The molecule has 160 valence electrons. The van der Waals surface area contributed by atoms with Crippen LogP contribution in [0.4, 0.5) is 20.0 Å². The Morgan fingerprint density at radius 2 is 2.00 bits per heavy atom. The van der Waals surface area contributed by atoms with Gasteiger partial charge in [-0.15, -0.1) is 0 Å². The number of likely N-dealkylation sites (tertiary alicyclic amines) is 1. The molecule has 0 atom stereocenters. The maximum atomic E-state index is 13.3. The van der Waals surface area contributed by atoms with Gasteiger partial charge in [-0.1, -0.05) is 22.9 Å². The monoisotopic (exact) mass is 451 g/mol. The standard InChI is InChI=1S/C20H23ClFN5O2S/c1-26-7-4-12(5-8-26)18(28)25-19-24-16-6-9-27(11-17(16)30-19)20(29)23-13-2-3-15(22)14(21)10-13/h2-3,10,12H,4-9,11H2,1H3,(H,23,29)(H,24,25,28). The van der Waals surface area contributed by atoms with Gasteiger partial charge in [-0.3, -0.25) is 4.79 Å². The van der Waals surface area contributed by atoms with Crippen LogP contribution in [0.3, 0.4) is 0 Å². The summed E-state index contributed by atoms with van der Waals surface area (Å²) in [6, 6.07) is 3.79. The Labute approximate surface area is 183 Å². The van der Waals surface area contributed by atoms with Crippen LogP contribution in [0.5, 0.6) is 0 Å². The van der Waals surface area contributed by atoms with E-state index in [0.717, 1.165) is 36.5 Å². The van der Waals surface area contributed by atoms with Crippen LogP contribution in [0, 0.1) is 11.7 Å². The molecule has 2 N–H and O–H groups in total. The van der Waals surface area contributed by atoms with Crippen molar-refractivity contribution in [2.24, 2.45) is 5.92 Å². The lowest BCUT2D eigenvalue weighted by Gasteiger charge is -2.27. The van der Waals surface area contributed by atoms with E-state index >= 15 is 0 Å². The molecule has 2 aliphatic rings. The molecule has 30 heavy (non-hydrogen) atoms. The molecule has 10 heteroatoms. The highest BCUT2D eigenvalue weighted by atomic mass is 35.5. The Morgan fingerprint density at radius 1 is 1.23 bits per heavy atom. The second kappa shape index (κ2) is 8.87. The molecule has 1 aromatic carbocycles. The van der Waals surface area contributed by atoms with Crippen molar-refractivity contribution in [3.8, 4) is 0 Å². The van der Waals surface area contributed by atoms with Gasteiger partial charge in [0.25, 0.3) is 0 Å². The maximum absolute atomic E-state index is 13.3. The Kier molecular flexibility index (Phi) is 6.21. The highest BCUT2D eigenvalue weighted by Gasteiger charge is 2.27. The average molecular weight is 452 g/mol. The van der Waals surface area contributed by atoms with Gasteiger partial charge in [0.2, 0.25) is 5.91 Å². The molecule has 0 aliphatic carbocycles. The molecule has 3 heterocycles. The van der Waals surface area contributed by atoms with Crippen LogP contribution in [0.25, 0.3) is 0 Å². The Bertz CT molecular complexity index is 961. The molecule has 0 saturated carbocycles. The van der Waals surface area contributed by atoms with E-state index in [0.29, 0.717) is 30.3 Å². The summed E-state index contributed by atoms with van der Waals surface area (Å²) < 4.78 is 13.3. The zero-order valence-electron chi connectivity index (χ0n) is 16.6. The van der Waals surface area contributed by atoms with Crippen LogP contribution < -0.4 is 10.6 Å². The van der Waals surface area contributed by atoms with Gasteiger partial charge in [0.15, 0.2) is 5.13 Å². The van der Waals surface area contributed by atoms with Crippen LogP contribution >= 0.6 is 22.9 Å². The number of halogens is 2. The zero-order chi connectivity index (χ0) is 21.3. The molecule has 2 aromatic rings. The first-order valence-corrected chi connectivity index (χ1v) is 11.1. The Balaban J connectivity index is 1.36. The van der Waals surface area contributed by atoms with Crippen molar-refractivity contribution < 1.29 is 14.0 Å². The minimum absolute atomic E-state index is 0.0203. The molecule has 7 nitrogen and oxygen atoms in total. The molecule has 1 fully saturated rings. The number of urea groups is 1. The minimum atomic E-state index is -0.531. The van der Waals surface area contributed by atoms with Crippen molar-refractivity contribution in [1.82, 2.24) is 14.8 Å². The van der Waals surface area contributed by atoms with E-state index in [2.05, 4.69) is 27.6 Å². The average Bonchev–Trinajstić information content (AvgIpc) is 3.12. The zero-order valence-corrected chi connectivity index (χ0v) is 18.2. The van der Waals surface area contributed by atoms with Gasteiger partial charge in [0, 0.05) is 29.4 Å². The number of carbonyl (C=O) groups excluding carboxylic acids is 2. The Hall–Kier alpha value is -2.23. The lowest BCUT2D eigenvalue weighted by Crippen LogP contribution is -2.38. The van der Waals surface area contributed by atoms with Gasteiger partial charge in [-0.25, -0.2) is 14.2 Å². The van der Waals surface area contributed by atoms with Gasteiger partial charge >= 0.3 is 6.03 Å². The van der Waals surface area contributed by atoms with E-state index in [1.807, 2.05) is 0 Å². The first-order valence-electron chi connectivity index (χ1n) is 9.88. The van der Waals surface area contributed by atoms with Crippen molar-refractivity contribution in [1.29, 1.82) is 0 Å². The number of anilines is 2. The number of rotatable bonds is 3. The van der Waals surface area contributed by atoms with E-state index in [4.69, 9.17) is 11.6 Å². The quantitative estimate of drug-likeness (QED) is 0.744. The van der Waals surface area contributed by atoms with Gasteiger partial charge in [-0.05, 0) is 51.2 Å². The van der Waals surface area contributed by atoms with Gasteiger partial charge in [0.05, 0.1) is 17.3 Å². The number of nitrogens with zero attached hydrogens (tertiary/aromatic N) is 3. The first kappa shape index (κ1) is 21.0.